The molecular weight excluding hydrogens is 302 g/mol. The minimum atomic E-state index is -0.0465. The summed E-state index contributed by atoms with van der Waals surface area (Å²) in [7, 11) is 0. The SMILES string of the molecule is Cc1c(C(=O)N2C[C@@H](C)O[C@@H](C)C2)oc2c1ccc1ccccc12. The van der Waals surface area contributed by atoms with E-state index in [4.69, 9.17) is 9.15 Å². The van der Waals surface area contributed by atoms with Gasteiger partial charge in [-0.05, 0) is 26.2 Å². The van der Waals surface area contributed by atoms with Gasteiger partial charge < -0.3 is 14.1 Å². The molecular formula is C20H21NO3. The number of morpholine rings is 1. The van der Waals surface area contributed by atoms with E-state index in [9.17, 15) is 4.79 Å². The number of rotatable bonds is 1. The third kappa shape index (κ3) is 2.38. The van der Waals surface area contributed by atoms with E-state index in [0.29, 0.717) is 18.8 Å². The molecule has 4 rings (SSSR count). The maximum absolute atomic E-state index is 13.0. The molecule has 124 valence electrons. The van der Waals surface area contributed by atoms with Gasteiger partial charge in [-0.2, -0.15) is 0 Å². The molecule has 0 spiro atoms. The largest absolute Gasteiger partial charge is 0.450 e. The third-order valence-corrected chi connectivity index (χ3v) is 4.73. The fraction of sp³-hybridized carbons (Fsp3) is 0.350. The highest BCUT2D eigenvalue weighted by Crippen LogP contribution is 2.32. The number of benzene rings is 2. The van der Waals surface area contributed by atoms with Crippen molar-refractivity contribution in [1.29, 1.82) is 0 Å². The second-order valence-corrected chi connectivity index (χ2v) is 6.69. The van der Waals surface area contributed by atoms with Crippen LogP contribution in [0.15, 0.2) is 40.8 Å². The predicted octanol–water partition coefficient (Wildman–Crippen LogP) is 4.14. The van der Waals surface area contributed by atoms with Gasteiger partial charge in [0.05, 0.1) is 12.2 Å². The van der Waals surface area contributed by atoms with Crippen molar-refractivity contribution in [2.45, 2.75) is 33.0 Å². The van der Waals surface area contributed by atoms with Crippen LogP contribution in [0.4, 0.5) is 0 Å². The number of hydrogen-bond acceptors (Lipinski definition) is 3. The van der Waals surface area contributed by atoms with Crippen LogP contribution in [0, 0.1) is 6.92 Å². The molecule has 2 aromatic carbocycles. The Morgan fingerprint density at radius 2 is 1.75 bits per heavy atom. The summed E-state index contributed by atoms with van der Waals surface area (Å²) in [5.41, 5.74) is 1.70. The second kappa shape index (κ2) is 5.64. The summed E-state index contributed by atoms with van der Waals surface area (Å²) < 4.78 is 11.8. The Morgan fingerprint density at radius 3 is 2.50 bits per heavy atom. The van der Waals surface area contributed by atoms with Crippen molar-refractivity contribution in [3.05, 3.63) is 47.7 Å². The summed E-state index contributed by atoms with van der Waals surface area (Å²) in [6, 6.07) is 12.2. The fourth-order valence-electron chi connectivity index (χ4n) is 3.64. The molecule has 1 amide bonds. The normalized spacial score (nSPS) is 21.5. The molecule has 1 fully saturated rings. The maximum Gasteiger partial charge on any atom is 0.290 e. The van der Waals surface area contributed by atoms with E-state index in [1.165, 1.54) is 0 Å². The van der Waals surface area contributed by atoms with Crippen molar-refractivity contribution in [3.8, 4) is 0 Å². The van der Waals surface area contributed by atoms with E-state index in [1.54, 1.807) is 0 Å². The first kappa shape index (κ1) is 15.2. The quantitative estimate of drug-likeness (QED) is 0.676. The number of fused-ring (bicyclic) bond motifs is 3. The standard InChI is InChI=1S/C20H21NO3/c1-12-10-21(11-13(2)23-12)20(22)18-14(3)16-9-8-15-6-4-5-7-17(15)19(16)24-18/h4-9,12-13H,10-11H2,1-3H3/t12-,13+. The van der Waals surface area contributed by atoms with Gasteiger partial charge in [0, 0.05) is 29.4 Å². The zero-order chi connectivity index (χ0) is 16.8. The van der Waals surface area contributed by atoms with Crippen molar-refractivity contribution >= 4 is 27.6 Å². The number of carbonyl (C=O) groups is 1. The monoisotopic (exact) mass is 323 g/mol. The number of ether oxygens (including phenoxy) is 1. The Kier molecular flexibility index (Phi) is 3.57. The highest BCUT2D eigenvalue weighted by Gasteiger charge is 2.30. The number of hydrogen-bond donors (Lipinski definition) is 0. The highest BCUT2D eigenvalue weighted by atomic mass is 16.5. The molecule has 2 heterocycles. The summed E-state index contributed by atoms with van der Waals surface area (Å²) in [6.07, 6.45) is 0.0893. The smallest absolute Gasteiger partial charge is 0.290 e. The van der Waals surface area contributed by atoms with E-state index in [1.807, 2.05) is 49.9 Å². The van der Waals surface area contributed by atoms with Gasteiger partial charge in [-0.25, -0.2) is 0 Å². The van der Waals surface area contributed by atoms with Crippen LogP contribution in [0.2, 0.25) is 0 Å². The predicted molar refractivity (Wildman–Crippen MR) is 94.4 cm³/mol. The Hall–Kier alpha value is -2.33. The first-order valence-electron chi connectivity index (χ1n) is 8.40. The summed E-state index contributed by atoms with van der Waals surface area (Å²) in [5, 5.41) is 3.17. The molecule has 1 aliphatic rings. The summed E-state index contributed by atoms with van der Waals surface area (Å²) >= 11 is 0. The van der Waals surface area contributed by atoms with Gasteiger partial charge in [-0.3, -0.25) is 4.79 Å². The van der Waals surface area contributed by atoms with Gasteiger partial charge >= 0.3 is 0 Å². The molecule has 0 radical (unpaired) electrons. The zero-order valence-corrected chi connectivity index (χ0v) is 14.2. The molecule has 0 saturated carbocycles. The zero-order valence-electron chi connectivity index (χ0n) is 14.2. The topological polar surface area (TPSA) is 42.7 Å². The number of furan rings is 1. The Bertz CT molecular complexity index is 917. The van der Waals surface area contributed by atoms with Crippen LogP contribution in [0.3, 0.4) is 0 Å². The van der Waals surface area contributed by atoms with Crippen LogP contribution < -0.4 is 0 Å². The molecule has 0 unspecified atom stereocenters. The Balaban J connectivity index is 1.80. The molecule has 0 bridgehead atoms. The first-order valence-corrected chi connectivity index (χ1v) is 8.40. The lowest BCUT2D eigenvalue weighted by Gasteiger charge is -2.34. The molecule has 2 atom stereocenters. The number of nitrogens with zero attached hydrogens (tertiary/aromatic N) is 1. The van der Waals surface area contributed by atoms with Gasteiger partial charge in [0.2, 0.25) is 0 Å². The summed E-state index contributed by atoms with van der Waals surface area (Å²) in [5.74, 6) is 0.400. The van der Waals surface area contributed by atoms with Crippen molar-refractivity contribution in [2.24, 2.45) is 0 Å². The molecule has 24 heavy (non-hydrogen) atoms. The van der Waals surface area contributed by atoms with Crippen LogP contribution in [0.25, 0.3) is 21.7 Å². The lowest BCUT2D eigenvalue weighted by molar-refractivity contribution is -0.0592. The van der Waals surface area contributed by atoms with Crippen LogP contribution in [-0.2, 0) is 4.74 Å². The van der Waals surface area contributed by atoms with Crippen LogP contribution in [-0.4, -0.2) is 36.1 Å². The fourth-order valence-corrected chi connectivity index (χ4v) is 3.64. The lowest BCUT2D eigenvalue weighted by Crippen LogP contribution is -2.48. The van der Waals surface area contributed by atoms with E-state index < -0.39 is 0 Å². The third-order valence-electron chi connectivity index (χ3n) is 4.73. The van der Waals surface area contributed by atoms with E-state index in [0.717, 1.165) is 27.3 Å². The van der Waals surface area contributed by atoms with Crippen LogP contribution >= 0.6 is 0 Å². The van der Waals surface area contributed by atoms with Crippen LogP contribution in [0.5, 0.6) is 0 Å². The Morgan fingerprint density at radius 1 is 1.04 bits per heavy atom. The molecule has 3 aromatic rings. The molecule has 0 N–H and O–H groups in total. The average Bonchev–Trinajstić information content (AvgIpc) is 2.91. The van der Waals surface area contributed by atoms with Crippen LogP contribution in [0.1, 0.15) is 30.0 Å². The summed E-state index contributed by atoms with van der Waals surface area (Å²) in [4.78, 5) is 14.8. The van der Waals surface area contributed by atoms with Gasteiger partial charge in [-0.15, -0.1) is 0 Å². The minimum absolute atomic E-state index is 0.0446. The highest BCUT2D eigenvalue weighted by molar-refractivity contribution is 6.08. The minimum Gasteiger partial charge on any atom is -0.450 e. The Labute approximate surface area is 141 Å². The molecule has 1 aromatic heterocycles. The average molecular weight is 323 g/mol. The first-order chi connectivity index (χ1) is 11.5. The van der Waals surface area contributed by atoms with E-state index in [2.05, 4.69) is 12.1 Å². The number of carbonyl (C=O) groups excluding carboxylic acids is 1. The van der Waals surface area contributed by atoms with Crippen molar-refractivity contribution in [3.63, 3.8) is 0 Å². The molecule has 4 nitrogen and oxygen atoms in total. The molecule has 1 saturated heterocycles. The van der Waals surface area contributed by atoms with Crippen molar-refractivity contribution in [1.82, 2.24) is 4.90 Å². The van der Waals surface area contributed by atoms with Gasteiger partial charge in [0.25, 0.3) is 5.91 Å². The van der Waals surface area contributed by atoms with Gasteiger partial charge in [-0.1, -0.05) is 36.4 Å². The van der Waals surface area contributed by atoms with E-state index in [-0.39, 0.29) is 18.1 Å². The van der Waals surface area contributed by atoms with E-state index >= 15 is 0 Å². The molecule has 4 heteroatoms. The number of amides is 1. The van der Waals surface area contributed by atoms with Gasteiger partial charge in [0.15, 0.2) is 5.76 Å². The van der Waals surface area contributed by atoms with Gasteiger partial charge in [0.1, 0.15) is 5.58 Å². The number of aryl methyl sites for hydroxylation is 1. The molecule has 0 aliphatic carbocycles. The molecule has 1 aliphatic heterocycles. The second-order valence-electron chi connectivity index (χ2n) is 6.69. The van der Waals surface area contributed by atoms with Crippen molar-refractivity contribution < 1.29 is 13.9 Å². The lowest BCUT2D eigenvalue weighted by atomic mass is 10.1. The maximum atomic E-state index is 13.0. The van der Waals surface area contributed by atoms with Crippen molar-refractivity contribution in [2.75, 3.05) is 13.1 Å². The summed E-state index contributed by atoms with van der Waals surface area (Å²) in [6.45, 7) is 7.14.